The Morgan fingerprint density at radius 1 is 0.333 bits per heavy atom. The Morgan fingerprint density at radius 2 is 0.978 bits per heavy atom. The largest absolute Gasteiger partial charge is 0.456 e. The molecule has 0 bridgehead atoms. The molecule has 9 aromatic rings. The molecule has 0 saturated carbocycles. The number of para-hydroxylation sites is 1. The van der Waals surface area contributed by atoms with E-state index in [1.165, 1.54) is 0 Å². The van der Waals surface area contributed by atoms with Gasteiger partial charge >= 0.3 is 0 Å². The van der Waals surface area contributed by atoms with E-state index in [2.05, 4.69) is 103 Å². The van der Waals surface area contributed by atoms with Crippen molar-refractivity contribution in [1.82, 2.24) is 15.0 Å². The van der Waals surface area contributed by atoms with Gasteiger partial charge in [-0.25, -0.2) is 15.0 Å². The zero-order chi connectivity index (χ0) is 29.7. The average molecular weight is 576 g/mol. The van der Waals surface area contributed by atoms with Crippen molar-refractivity contribution in [3.05, 3.63) is 152 Å². The van der Waals surface area contributed by atoms with Crippen LogP contribution in [0.5, 0.6) is 0 Å². The fourth-order valence-corrected chi connectivity index (χ4v) is 6.32. The van der Waals surface area contributed by atoms with Gasteiger partial charge in [0.25, 0.3) is 0 Å². The van der Waals surface area contributed by atoms with Crippen LogP contribution in [-0.4, -0.2) is 15.0 Å². The SMILES string of the molecule is c1ccc(-c2cccc(-c3nc(-c4ccccc4)nc(-c4cccc5c4ccc4cc6c(cc45)oc4ccccc46)n3)c2)cc1. The zero-order valence-electron chi connectivity index (χ0n) is 24.2. The van der Waals surface area contributed by atoms with E-state index in [0.29, 0.717) is 17.5 Å². The molecule has 0 fully saturated rings. The third-order valence-electron chi connectivity index (χ3n) is 8.51. The zero-order valence-corrected chi connectivity index (χ0v) is 24.2. The smallest absolute Gasteiger partial charge is 0.164 e. The van der Waals surface area contributed by atoms with E-state index in [0.717, 1.165) is 71.3 Å². The Hall–Kier alpha value is -6.13. The number of hydrogen-bond acceptors (Lipinski definition) is 4. The van der Waals surface area contributed by atoms with Crippen LogP contribution in [0.25, 0.3) is 88.8 Å². The lowest BCUT2D eigenvalue weighted by Gasteiger charge is -2.12. The highest BCUT2D eigenvalue weighted by Crippen LogP contribution is 2.38. The van der Waals surface area contributed by atoms with Gasteiger partial charge in [0.1, 0.15) is 11.2 Å². The molecule has 0 aliphatic carbocycles. The topological polar surface area (TPSA) is 51.8 Å². The molecule has 2 aromatic heterocycles. The van der Waals surface area contributed by atoms with Crippen molar-refractivity contribution in [3.63, 3.8) is 0 Å². The predicted molar refractivity (Wildman–Crippen MR) is 184 cm³/mol. The highest BCUT2D eigenvalue weighted by atomic mass is 16.3. The number of nitrogens with zero attached hydrogens (tertiary/aromatic N) is 3. The minimum absolute atomic E-state index is 0.637. The molecule has 0 amide bonds. The minimum atomic E-state index is 0.637. The predicted octanol–water partition coefficient (Wildman–Crippen LogP) is 10.7. The highest BCUT2D eigenvalue weighted by molar-refractivity contribution is 6.17. The molecule has 0 saturated heterocycles. The van der Waals surface area contributed by atoms with Gasteiger partial charge in [-0.05, 0) is 56.9 Å². The van der Waals surface area contributed by atoms with E-state index >= 15 is 0 Å². The fraction of sp³-hybridized carbons (Fsp3) is 0. The molecule has 4 nitrogen and oxygen atoms in total. The van der Waals surface area contributed by atoms with E-state index in [4.69, 9.17) is 19.4 Å². The van der Waals surface area contributed by atoms with Gasteiger partial charge in [-0.3, -0.25) is 0 Å². The maximum atomic E-state index is 6.26. The first-order valence-electron chi connectivity index (χ1n) is 15.0. The molecular formula is C41H25N3O. The van der Waals surface area contributed by atoms with Gasteiger partial charge in [0.2, 0.25) is 0 Å². The lowest BCUT2D eigenvalue weighted by molar-refractivity contribution is 0.669. The van der Waals surface area contributed by atoms with E-state index < -0.39 is 0 Å². The molecular weight excluding hydrogens is 550 g/mol. The Kier molecular flexibility index (Phi) is 5.78. The van der Waals surface area contributed by atoms with E-state index in [1.807, 2.05) is 48.5 Å². The van der Waals surface area contributed by atoms with Crippen LogP contribution in [-0.2, 0) is 0 Å². The Morgan fingerprint density at radius 3 is 1.82 bits per heavy atom. The van der Waals surface area contributed by atoms with E-state index in [-0.39, 0.29) is 0 Å². The number of rotatable bonds is 4. The van der Waals surface area contributed by atoms with Gasteiger partial charge in [-0.15, -0.1) is 0 Å². The number of hydrogen-bond donors (Lipinski definition) is 0. The van der Waals surface area contributed by atoms with Crippen LogP contribution in [0.3, 0.4) is 0 Å². The summed E-state index contributed by atoms with van der Waals surface area (Å²) in [6.45, 7) is 0. The summed E-state index contributed by atoms with van der Waals surface area (Å²) < 4.78 is 6.26. The second-order valence-corrected chi connectivity index (χ2v) is 11.3. The van der Waals surface area contributed by atoms with Crippen LogP contribution in [0.15, 0.2) is 156 Å². The summed E-state index contributed by atoms with van der Waals surface area (Å²) in [5.41, 5.74) is 6.89. The molecule has 0 spiro atoms. The molecule has 0 N–H and O–H groups in total. The van der Waals surface area contributed by atoms with Crippen molar-refractivity contribution in [2.75, 3.05) is 0 Å². The van der Waals surface area contributed by atoms with Crippen molar-refractivity contribution < 1.29 is 4.42 Å². The van der Waals surface area contributed by atoms with Gasteiger partial charge in [0.15, 0.2) is 17.5 Å². The molecule has 0 aliphatic heterocycles. The monoisotopic (exact) mass is 575 g/mol. The first-order chi connectivity index (χ1) is 22.3. The second kappa shape index (κ2) is 10.2. The maximum absolute atomic E-state index is 6.26. The third-order valence-corrected chi connectivity index (χ3v) is 8.51. The summed E-state index contributed by atoms with van der Waals surface area (Å²) in [6.07, 6.45) is 0. The quantitative estimate of drug-likeness (QED) is 0.196. The van der Waals surface area contributed by atoms with Crippen molar-refractivity contribution in [2.24, 2.45) is 0 Å². The normalized spacial score (nSPS) is 11.6. The van der Waals surface area contributed by atoms with Gasteiger partial charge in [-0.2, -0.15) is 0 Å². The third kappa shape index (κ3) is 4.35. The minimum Gasteiger partial charge on any atom is -0.456 e. The molecule has 7 aromatic carbocycles. The molecule has 9 rings (SSSR count). The van der Waals surface area contributed by atoms with E-state index in [1.54, 1.807) is 0 Å². The molecule has 0 unspecified atom stereocenters. The van der Waals surface area contributed by atoms with Crippen molar-refractivity contribution >= 4 is 43.5 Å². The van der Waals surface area contributed by atoms with Gasteiger partial charge in [-0.1, -0.05) is 127 Å². The molecule has 0 aliphatic rings. The van der Waals surface area contributed by atoms with Crippen LogP contribution in [0.2, 0.25) is 0 Å². The standard InChI is InChI=1S/C41H25N3O/c1-3-11-26(12-4-1)28-15-9-16-30(23-28)40-42-39(27-13-5-2-6-14-27)43-41(44-40)34-19-10-18-31-32(34)22-21-29-24-36-33-17-7-8-20-37(33)45-38(36)25-35(29)31/h1-25H. The van der Waals surface area contributed by atoms with Crippen LogP contribution in [0.4, 0.5) is 0 Å². The molecule has 4 heteroatoms. The molecule has 0 atom stereocenters. The van der Waals surface area contributed by atoms with Crippen LogP contribution >= 0.6 is 0 Å². The Bertz CT molecular complexity index is 2540. The Labute approximate surface area is 259 Å². The molecule has 45 heavy (non-hydrogen) atoms. The fourth-order valence-electron chi connectivity index (χ4n) is 6.32. The number of fused-ring (bicyclic) bond motifs is 6. The summed E-state index contributed by atoms with van der Waals surface area (Å²) in [5.74, 6) is 1.92. The summed E-state index contributed by atoms with van der Waals surface area (Å²) >= 11 is 0. The Balaban J connectivity index is 1.26. The number of benzene rings is 7. The number of aromatic nitrogens is 3. The van der Waals surface area contributed by atoms with Crippen molar-refractivity contribution in [3.8, 4) is 45.3 Å². The van der Waals surface area contributed by atoms with Crippen molar-refractivity contribution in [2.45, 2.75) is 0 Å². The lowest BCUT2D eigenvalue weighted by atomic mass is 9.96. The van der Waals surface area contributed by atoms with Crippen LogP contribution in [0, 0.1) is 0 Å². The summed E-state index contributed by atoms with van der Waals surface area (Å²) in [6, 6.07) is 52.2. The molecule has 0 radical (unpaired) electrons. The second-order valence-electron chi connectivity index (χ2n) is 11.3. The first-order valence-corrected chi connectivity index (χ1v) is 15.0. The first kappa shape index (κ1) is 25.4. The van der Waals surface area contributed by atoms with Gasteiger partial charge in [0, 0.05) is 27.5 Å². The van der Waals surface area contributed by atoms with Crippen LogP contribution in [0.1, 0.15) is 0 Å². The summed E-state index contributed by atoms with van der Waals surface area (Å²) in [7, 11) is 0. The summed E-state index contributed by atoms with van der Waals surface area (Å²) in [5, 5.41) is 6.76. The molecule has 210 valence electrons. The molecule has 2 heterocycles. The van der Waals surface area contributed by atoms with E-state index in [9.17, 15) is 0 Å². The van der Waals surface area contributed by atoms with Gasteiger partial charge < -0.3 is 4.42 Å². The van der Waals surface area contributed by atoms with Gasteiger partial charge in [0.05, 0.1) is 0 Å². The highest BCUT2D eigenvalue weighted by Gasteiger charge is 2.16. The number of furan rings is 1. The summed E-state index contributed by atoms with van der Waals surface area (Å²) in [4.78, 5) is 15.1. The lowest BCUT2D eigenvalue weighted by Crippen LogP contribution is -2.00. The maximum Gasteiger partial charge on any atom is 0.164 e. The van der Waals surface area contributed by atoms with Crippen molar-refractivity contribution in [1.29, 1.82) is 0 Å². The average Bonchev–Trinajstić information content (AvgIpc) is 3.48. The van der Waals surface area contributed by atoms with Crippen LogP contribution < -0.4 is 0 Å².